The first-order valence-electron chi connectivity index (χ1n) is 7.61. The van der Waals surface area contributed by atoms with E-state index in [1.54, 1.807) is 13.3 Å². The maximum absolute atomic E-state index is 12.1. The number of para-hydroxylation sites is 1. The number of methoxy groups -OCH3 is 1. The van der Waals surface area contributed by atoms with Crippen LogP contribution in [0.5, 0.6) is 5.75 Å². The van der Waals surface area contributed by atoms with Crippen molar-refractivity contribution in [3.8, 4) is 5.75 Å². The van der Waals surface area contributed by atoms with E-state index in [4.69, 9.17) is 4.74 Å². The number of amidine groups is 1. The number of amides is 1. The van der Waals surface area contributed by atoms with Crippen LogP contribution in [0, 0.1) is 0 Å². The minimum Gasteiger partial charge on any atom is -0.496 e. The van der Waals surface area contributed by atoms with Crippen LogP contribution in [-0.4, -0.2) is 29.6 Å². The monoisotopic (exact) mass is 417 g/mol. The van der Waals surface area contributed by atoms with E-state index in [0.29, 0.717) is 11.6 Å². The number of ether oxygens (including phenoxy) is 1. The van der Waals surface area contributed by atoms with Crippen molar-refractivity contribution in [1.29, 1.82) is 0 Å². The van der Waals surface area contributed by atoms with Gasteiger partial charge >= 0.3 is 0 Å². The van der Waals surface area contributed by atoms with Gasteiger partial charge in [-0.1, -0.05) is 52.0 Å². The summed E-state index contributed by atoms with van der Waals surface area (Å²) in [6, 6.07) is 15.5. The predicted molar refractivity (Wildman–Crippen MR) is 105 cm³/mol. The van der Waals surface area contributed by atoms with Crippen molar-refractivity contribution in [1.82, 2.24) is 5.32 Å². The predicted octanol–water partition coefficient (Wildman–Crippen LogP) is 3.62. The molecule has 1 aliphatic heterocycles. The molecule has 2 aromatic rings. The van der Waals surface area contributed by atoms with E-state index in [1.807, 2.05) is 48.5 Å². The van der Waals surface area contributed by atoms with Crippen LogP contribution in [-0.2, 0) is 11.2 Å². The zero-order valence-electron chi connectivity index (χ0n) is 13.5. The van der Waals surface area contributed by atoms with Crippen LogP contribution in [0.1, 0.15) is 11.1 Å². The Balaban J connectivity index is 1.64. The van der Waals surface area contributed by atoms with Gasteiger partial charge in [0.2, 0.25) is 5.91 Å². The Kier molecular flexibility index (Phi) is 5.88. The van der Waals surface area contributed by atoms with Gasteiger partial charge in [-0.2, -0.15) is 5.10 Å². The summed E-state index contributed by atoms with van der Waals surface area (Å²) in [5.74, 6) is 0.682. The number of thioether (sulfide) groups is 1. The molecule has 1 heterocycles. The standard InChI is InChI=1S/C18H16BrN3O2S/c1-24-15-5-3-2-4-13(15)11-20-22-18-21-17(23)16(25-18)10-12-6-8-14(19)9-7-12/h2-9,11,16H,10H2,1H3,(H,21,22,23)/b20-11-/t16-/m1/s1. The molecule has 1 atom stereocenters. The van der Waals surface area contributed by atoms with Crippen LogP contribution in [0.3, 0.4) is 0 Å². The second-order valence-corrected chi connectivity index (χ2v) is 7.43. The fourth-order valence-corrected chi connectivity index (χ4v) is 3.57. The molecule has 0 unspecified atom stereocenters. The zero-order chi connectivity index (χ0) is 17.6. The minimum atomic E-state index is -0.193. The van der Waals surface area contributed by atoms with Gasteiger partial charge in [0.1, 0.15) is 5.75 Å². The summed E-state index contributed by atoms with van der Waals surface area (Å²) in [6.07, 6.45) is 2.26. The average Bonchev–Trinajstić information content (AvgIpc) is 2.97. The van der Waals surface area contributed by atoms with E-state index in [0.717, 1.165) is 21.3 Å². The molecule has 25 heavy (non-hydrogen) atoms. The number of carbonyl (C=O) groups is 1. The van der Waals surface area contributed by atoms with Crippen molar-refractivity contribution in [2.75, 3.05) is 7.11 Å². The van der Waals surface area contributed by atoms with E-state index in [2.05, 4.69) is 31.4 Å². The van der Waals surface area contributed by atoms with Gasteiger partial charge in [-0.3, -0.25) is 4.79 Å². The van der Waals surface area contributed by atoms with E-state index in [-0.39, 0.29) is 11.2 Å². The number of carbonyl (C=O) groups excluding carboxylic acids is 1. The van der Waals surface area contributed by atoms with Crippen molar-refractivity contribution < 1.29 is 9.53 Å². The topological polar surface area (TPSA) is 63.1 Å². The lowest BCUT2D eigenvalue weighted by atomic mass is 10.1. The molecule has 0 aliphatic carbocycles. The molecular formula is C18H16BrN3O2S. The van der Waals surface area contributed by atoms with Crippen molar-refractivity contribution in [3.05, 3.63) is 64.1 Å². The first-order chi connectivity index (χ1) is 12.2. The number of halogens is 1. The van der Waals surface area contributed by atoms with Gasteiger partial charge in [0.15, 0.2) is 5.17 Å². The van der Waals surface area contributed by atoms with E-state index in [1.165, 1.54) is 11.8 Å². The van der Waals surface area contributed by atoms with Crippen LogP contribution in [0.2, 0.25) is 0 Å². The highest BCUT2D eigenvalue weighted by Crippen LogP contribution is 2.24. The molecule has 0 radical (unpaired) electrons. The Labute approximate surface area is 158 Å². The highest BCUT2D eigenvalue weighted by atomic mass is 79.9. The van der Waals surface area contributed by atoms with Crippen molar-refractivity contribution >= 4 is 45.0 Å². The van der Waals surface area contributed by atoms with Gasteiger partial charge in [-0.25, -0.2) is 0 Å². The highest BCUT2D eigenvalue weighted by molar-refractivity contribution is 9.10. The Morgan fingerprint density at radius 1 is 1.24 bits per heavy atom. The van der Waals surface area contributed by atoms with E-state index in [9.17, 15) is 4.79 Å². The van der Waals surface area contributed by atoms with Crippen molar-refractivity contribution in [2.24, 2.45) is 10.2 Å². The molecule has 7 heteroatoms. The third-order valence-electron chi connectivity index (χ3n) is 3.60. The van der Waals surface area contributed by atoms with Gasteiger partial charge in [0.25, 0.3) is 0 Å². The summed E-state index contributed by atoms with van der Waals surface area (Å²) in [5, 5.41) is 11.3. The Morgan fingerprint density at radius 2 is 2.00 bits per heavy atom. The number of nitrogens with one attached hydrogen (secondary N) is 1. The maximum atomic E-state index is 12.1. The first-order valence-corrected chi connectivity index (χ1v) is 9.29. The summed E-state index contributed by atoms with van der Waals surface area (Å²) < 4.78 is 6.28. The molecule has 1 fully saturated rings. The van der Waals surface area contributed by atoms with Crippen LogP contribution < -0.4 is 10.1 Å². The smallest absolute Gasteiger partial charge is 0.239 e. The number of nitrogens with zero attached hydrogens (tertiary/aromatic N) is 2. The average molecular weight is 418 g/mol. The number of rotatable bonds is 5. The molecule has 1 N–H and O–H groups in total. The summed E-state index contributed by atoms with van der Waals surface area (Å²) in [7, 11) is 1.61. The highest BCUT2D eigenvalue weighted by Gasteiger charge is 2.30. The minimum absolute atomic E-state index is 0.0424. The van der Waals surface area contributed by atoms with Crippen LogP contribution >= 0.6 is 27.7 Å². The molecule has 128 valence electrons. The number of hydrogen-bond acceptors (Lipinski definition) is 5. The number of hydrogen-bond donors (Lipinski definition) is 1. The van der Waals surface area contributed by atoms with Gasteiger partial charge in [0.05, 0.1) is 18.6 Å². The van der Waals surface area contributed by atoms with Crippen molar-refractivity contribution in [3.63, 3.8) is 0 Å². The Morgan fingerprint density at radius 3 is 2.76 bits per heavy atom. The molecule has 1 amide bonds. The van der Waals surface area contributed by atoms with Crippen LogP contribution in [0.25, 0.3) is 0 Å². The Hall–Kier alpha value is -2.12. The van der Waals surface area contributed by atoms with Crippen molar-refractivity contribution in [2.45, 2.75) is 11.7 Å². The fourth-order valence-electron chi connectivity index (χ4n) is 2.34. The Bertz CT molecular complexity index is 821. The van der Waals surface area contributed by atoms with Gasteiger partial charge in [0, 0.05) is 10.0 Å². The lowest BCUT2D eigenvalue weighted by molar-refractivity contribution is -0.118. The third-order valence-corrected chi connectivity index (χ3v) is 5.20. The second-order valence-electron chi connectivity index (χ2n) is 5.32. The molecule has 0 spiro atoms. The van der Waals surface area contributed by atoms with E-state index >= 15 is 0 Å². The number of benzene rings is 2. The molecule has 0 aromatic heterocycles. The molecule has 2 aromatic carbocycles. The zero-order valence-corrected chi connectivity index (χ0v) is 15.9. The van der Waals surface area contributed by atoms with Gasteiger partial charge in [-0.05, 0) is 36.2 Å². The van der Waals surface area contributed by atoms with Gasteiger partial charge in [-0.15, -0.1) is 5.10 Å². The lowest BCUT2D eigenvalue weighted by Gasteiger charge is -2.05. The van der Waals surface area contributed by atoms with Gasteiger partial charge < -0.3 is 10.1 Å². The summed E-state index contributed by atoms with van der Waals surface area (Å²) in [6.45, 7) is 0. The normalized spacial score (nSPS) is 18.7. The fraction of sp³-hybridized carbons (Fsp3) is 0.167. The maximum Gasteiger partial charge on any atom is 0.239 e. The van der Waals surface area contributed by atoms with Crippen LogP contribution in [0.4, 0.5) is 0 Å². The molecule has 1 saturated heterocycles. The third kappa shape index (κ3) is 4.70. The summed E-state index contributed by atoms with van der Waals surface area (Å²) in [5.41, 5.74) is 1.93. The molecule has 0 bridgehead atoms. The quantitative estimate of drug-likeness (QED) is 0.596. The molecule has 0 saturated carbocycles. The largest absolute Gasteiger partial charge is 0.496 e. The van der Waals surface area contributed by atoms with Crippen LogP contribution in [0.15, 0.2) is 63.2 Å². The molecule has 1 aliphatic rings. The molecule has 5 nitrogen and oxygen atoms in total. The summed E-state index contributed by atoms with van der Waals surface area (Å²) >= 11 is 4.80. The first kappa shape index (κ1) is 17.7. The lowest BCUT2D eigenvalue weighted by Crippen LogP contribution is -2.25. The molecule has 3 rings (SSSR count). The second kappa shape index (κ2) is 8.31. The summed E-state index contributed by atoms with van der Waals surface area (Å²) in [4.78, 5) is 12.1. The molecular weight excluding hydrogens is 402 g/mol. The van der Waals surface area contributed by atoms with E-state index < -0.39 is 0 Å². The SMILES string of the molecule is COc1ccccc1/C=N\N=C1/NC(=O)[C@@H](Cc2ccc(Br)cc2)S1.